The van der Waals surface area contributed by atoms with E-state index in [1.807, 2.05) is 0 Å². The highest BCUT2D eigenvalue weighted by Gasteiger charge is 2.49. The SMILES string of the molecule is O=C1c2c(O)cc(O)cc2OC(c2cc(O)cc(O)c2)C1O[C@@H]1O[C@H](CO)[C@@H](O)[C@H](O)[C@H]1O. The average molecular weight is 466 g/mol. The molecule has 2 heterocycles. The summed E-state index contributed by atoms with van der Waals surface area (Å²) in [4.78, 5) is 13.3. The molecular weight excluding hydrogens is 444 g/mol. The van der Waals surface area contributed by atoms with Crippen molar-refractivity contribution in [2.75, 3.05) is 6.61 Å². The zero-order valence-electron chi connectivity index (χ0n) is 16.8. The molecule has 0 spiro atoms. The minimum atomic E-state index is -1.83. The number of carbonyl (C=O) groups excluding carboxylic acids is 1. The second-order valence-corrected chi connectivity index (χ2v) is 7.78. The van der Waals surface area contributed by atoms with Gasteiger partial charge in [0, 0.05) is 23.8 Å². The highest BCUT2D eigenvalue weighted by molar-refractivity contribution is 6.05. The fourth-order valence-corrected chi connectivity index (χ4v) is 3.89. The zero-order chi connectivity index (χ0) is 24.0. The molecule has 12 nitrogen and oxygen atoms in total. The summed E-state index contributed by atoms with van der Waals surface area (Å²) in [7, 11) is 0. The number of ketones is 1. The van der Waals surface area contributed by atoms with Gasteiger partial charge in [0.25, 0.3) is 0 Å². The Balaban J connectivity index is 1.76. The van der Waals surface area contributed by atoms with E-state index < -0.39 is 66.8 Å². The standard InChI is InChI=1S/C21H22O12/c22-6-13-15(27)17(29)18(30)21(32-13)33-20-16(28)14-11(26)4-10(25)5-12(14)31-19(20)7-1-8(23)3-9(24)2-7/h1-5,13,15,17-27,29-30H,6H2/t13-,15-,17+,18-,19?,20?,21+/m1/s1. The van der Waals surface area contributed by atoms with E-state index in [9.17, 15) is 45.6 Å². The minimum absolute atomic E-state index is 0.0592. The maximum atomic E-state index is 13.3. The van der Waals surface area contributed by atoms with E-state index in [0.29, 0.717) is 0 Å². The summed E-state index contributed by atoms with van der Waals surface area (Å²) in [6, 6.07) is 5.37. The summed E-state index contributed by atoms with van der Waals surface area (Å²) in [6.45, 7) is -0.729. The molecule has 33 heavy (non-hydrogen) atoms. The average Bonchev–Trinajstić information content (AvgIpc) is 2.74. The van der Waals surface area contributed by atoms with Gasteiger partial charge in [-0.15, -0.1) is 0 Å². The number of phenolic OH excluding ortho intramolecular Hbond substituents is 4. The fourth-order valence-electron chi connectivity index (χ4n) is 3.89. The molecule has 2 unspecified atom stereocenters. The molecule has 2 aromatic carbocycles. The van der Waals surface area contributed by atoms with Gasteiger partial charge in [0.2, 0.25) is 5.78 Å². The normalized spacial score (nSPS) is 31.6. The van der Waals surface area contributed by atoms with E-state index in [2.05, 4.69) is 0 Å². The van der Waals surface area contributed by atoms with Gasteiger partial charge in [0.05, 0.1) is 6.61 Å². The number of benzene rings is 2. The number of aromatic hydroxyl groups is 4. The fraction of sp³-hybridized carbons (Fsp3) is 0.381. The third-order valence-electron chi connectivity index (χ3n) is 5.48. The first-order chi connectivity index (χ1) is 15.6. The number of phenols is 4. The van der Waals surface area contributed by atoms with E-state index in [1.165, 1.54) is 12.1 Å². The van der Waals surface area contributed by atoms with Gasteiger partial charge in [0.1, 0.15) is 58.7 Å². The summed E-state index contributed by atoms with van der Waals surface area (Å²) in [6.07, 6.45) is -11.3. The Bertz CT molecular complexity index is 1030. The molecule has 8 N–H and O–H groups in total. The quantitative estimate of drug-likeness (QED) is 0.273. The second kappa shape index (κ2) is 8.67. The van der Waals surface area contributed by atoms with Gasteiger partial charge < -0.3 is 55.1 Å². The van der Waals surface area contributed by atoms with Gasteiger partial charge in [-0.2, -0.15) is 0 Å². The Labute approximate surface area is 186 Å². The Hall–Kier alpha value is -3.13. The summed E-state index contributed by atoms with van der Waals surface area (Å²) in [5, 5.41) is 79.4. The van der Waals surface area contributed by atoms with E-state index in [-0.39, 0.29) is 28.4 Å². The molecule has 1 saturated heterocycles. The van der Waals surface area contributed by atoms with Crippen molar-refractivity contribution in [1.82, 2.24) is 0 Å². The van der Waals surface area contributed by atoms with Crippen molar-refractivity contribution in [3.63, 3.8) is 0 Å². The van der Waals surface area contributed by atoms with Crippen LogP contribution in [0.15, 0.2) is 30.3 Å². The second-order valence-electron chi connectivity index (χ2n) is 7.78. The lowest BCUT2D eigenvalue weighted by Crippen LogP contribution is -2.60. The molecule has 0 amide bonds. The van der Waals surface area contributed by atoms with Gasteiger partial charge in [-0.3, -0.25) is 4.79 Å². The van der Waals surface area contributed by atoms with Crippen LogP contribution in [-0.2, 0) is 9.47 Å². The number of Topliss-reactive ketones (excluding diaryl/α,β-unsaturated/α-hetero) is 1. The van der Waals surface area contributed by atoms with E-state index in [1.54, 1.807) is 0 Å². The van der Waals surface area contributed by atoms with E-state index >= 15 is 0 Å². The zero-order valence-corrected chi connectivity index (χ0v) is 16.8. The van der Waals surface area contributed by atoms with Crippen molar-refractivity contribution in [2.45, 2.75) is 42.9 Å². The predicted octanol–water partition coefficient (Wildman–Crippen LogP) is -0.990. The van der Waals surface area contributed by atoms with Crippen LogP contribution in [0, 0.1) is 0 Å². The van der Waals surface area contributed by atoms with E-state index in [4.69, 9.17) is 14.2 Å². The molecule has 12 heteroatoms. The molecule has 1 fully saturated rings. The third kappa shape index (κ3) is 4.15. The molecular formula is C21H22O12. The van der Waals surface area contributed by atoms with E-state index in [0.717, 1.165) is 18.2 Å². The van der Waals surface area contributed by atoms with Gasteiger partial charge in [-0.05, 0) is 12.1 Å². The highest BCUT2D eigenvalue weighted by Crippen LogP contribution is 2.44. The number of hydrogen-bond donors (Lipinski definition) is 8. The predicted molar refractivity (Wildman–Crippen MR) is 106 cm³/mol. The Morgan fingerprint density at radius 2 is 1.48 bits per heavy atom. The molecule has 2 aliphatic heterocycles. The lowest BCUT2D eigenvalue weighted by atomic mass is 9.92. The molecule has 0 aromatic heterocycles. The van der Waals surface area contributed by atoms with Crippen LogP contribution in [0.25, 0.3) is 0 Å². The lowest BCUT2D eigenvalue weighted by molar-refractivity contribution is -0.311. The third-order valence-corrected chi connectivity index (χ3v) is 5.48. The molecule has 2 aromatic rings. The summed E-state index contributed by atoms with van der Waals surface area (Å²) < 4.78 is 16.7. The van der Waals surface area contributed by atoms with Crippen molar-refractivity contribution in [3.8, 4) is 28.7 Å². The van der Waals surface area contributed by atoms with Crippen molar-refractivity contribution in [3.05, 3.63) is 41.5 Å². The van der Waals surface area contributed by atoms with Crippen LogP contribution >= 0.6 is 0 Å². The first kappa shape index (κ1) is 23.0. The maximum Gasteiger partial charge on any atom is 0.203 e. The van der Waals surface area contributed by atoms with Crippen LogP contribution in [0.2, 0.25) is 0 Å². The minimum Gasteiger partial charge on any atom is -0.508 e. The van der Waals surface area contributed by atoms with Gasteiger partial charge in [0.15, 0.2) is 18.5 Å². The molecule has 0 radical (unpaired) electrons. The molecule has 2 aliphatic rings. The van der Waals surface area contributed by atoms with Crippen LogP contribution in [0.1, 0.15) is 22.0 Å². The smallest absolute Gasteiger partial charge is 0.203 e. The van der Waals surface area contributed by atoms with Crippen LogP contribution < -0.4 is 4.74 Å². The number of fused-ring (bicyclic) bond motifs is 1. The first-order valence-corrected chi connectivity index (χ1v) is 9.86. The van der Waals surface area contributed by atoms with Gasteiger partial charge in [-0.25, -0.2) is 0 Å². The van der Waals surface area contributed by atoms with Crippen LogP contribution in [0.4, 0.5) is 0 Å². The molecule has 7 atom stereocenters. The van der Waals surface area contributed by atoms with Crippen molar-refractivity contribution in [2.24, 2.45) is 0 Å². The van der Waals surface area contributed by atoms with Crippen LogP contribution in [0.3, 0.4) is 0 Å². The Kier molecular flexibility index (Phi) is 6.05. The summed E-state index contributed by atoms with van der Waals surface area (Å²) >= 11 is 0. The van der Waals surface area contributed by atoms with Crippen LogP contribution in [-0.4, -0.2) is 90.1 Å². The number of hydrogen-bond acceptors (Lipinski definition) is 12. The topological polar surface area (TPSA) is 207 Å². The molecule has 178 valence electrons. The number of aliphatic hydroxyl groups excluding tert-OH is 4. The molecule has 0 aliphatic carbocycles. The number of ether oxygens (including phenoxy) is 3. The number of aliphatic hydroxyl groups is 4. The van der Waals surface area contributed by atoms with Crippen molar-refractivity contribution < 1.29 is 59.9 Å². The monoisotopic (exact) mass is 466 g/mol. The largest absolute Gasteiger partial charge is 0.508 e. The lowest BCUT2D eigenvalue weighted by Gasteiger charge is -2.42. The molecule has 0 saturated carbocycles. The summed E-state index contributed by atoms with van der Waals surface area (Å²) in [5.41, 5.74) is -0.285. The first-order valence-electron chi connectivity index (χ1n) is 9.86. The van der Waals surface area contributed by atoms with Gasteiger partial charge in [-0.1, -0.05) is 0 Å². The number of carbonyl (C=O) groups is 1. The number of rotatable bonds is 4. The molecule has 0 bridgehead atoms. The van der Waals surface area contributed by atoms with Crippen molar-refractivity contribution >= 4 is 5.78 Å². The van der Waals surface area contributed by atoms with Gasteiger partial charge >= 0.3 is 0 Å². The molecule has 4 rings (SSSR count). The summed E-state index contributed by atoms with van der Waals surface area (Å²) in [5.74, 6) is -2.81. The highest BCUT2D eigenvalue weighted by atomic mass is 16.7. The Morgan fingerprint density at radius 3 is 2.12 bits per heavy atom. The Morgan fingerprint density at radius 1 is 0.848 bits per heavy atom. The maximum absolute atomic E-state index is 13.3. The van der Waals surface area contributed by atoms with Crippen molar-refractivity contribution in [1.29, 1.82) is 0 Å². The van der Waals surface area contributed by atoms with Crippen LogP contribution in [0.5, 0.6) is 28.7 Å².